The molecule has 106 valence electrons. The largest absolute Gasteiger partial charge is 0.496 e. The molecular formula is C15H24N2O2. The second-order valence-electron chi connectivity index (χ2n) is 5.25. The standard InChI is InChI=1S/C15H24N2O2/c1-9(2)14(16)15(18)17-11(4)12-8-10(3)6-7-13(12)19-5/h6-9,11,14H,16H2,1-5H3,(H,17,18)/t11?,14-/m0/s1. The molecule has 1 aromatic carbocycles. The van der Waals surface area contributed by atoms with Gasteiger partial charge in [0.15, 0.2) is 0 Å². The van der Waals surface area contributed by atoms with Gasteiger partial charge in [-0.25, -0.2) is 0 Å². The van der Waals surface area contributed by atoms with Crippen molar-refractivity contribution in [1.82, 2.24) is 5.32 Å². The number of hydrogen-bond acceptors (Lipinski definition) is 3. The average Bonchev–Trinajstić information content (AvgIpc) is 2.37. The average molecular weight is 264 g/mol. The Balaban J connectivity index is 2.86. The minimum Gasteiger partial charge on any atom is -0.496 e. The van der Waals surface area contributed by atoms with Crippen molar-refractivity contribution in [3.8, 4) is 5.75 Å². The van der Waals surface area contributed by atoms with Crippen molar-refractivity contribution in [1.29, 1.82) is 0 Å². The molecule has 0 aliphatic carbocycles. The van der Waals surface area contributed by atoms with Gasteiger partial charge >= 0.3 is 0 Å². The number of carbonyl (C=O) groups is 1. The van der Waals surface area contributed by atoms with Gasteiger partial charge in [-0.2, -0.15) is 0 Å². The molecule has 0 aliphatic rings. The molecule has 0 aromatic heterocycles. The number of nitrogens with one attached hydrogen (secondary N) is 1. The van der Waals surface area contributed by atoms with Crippen molar-refractivity contribution < 1.29 is 9.53 Å². The first-order valence-corrected chi connectivity index (χ1v) is 6.57. The Bertz CT molecular complexity index is 444. The first-order valence-electron chi connectivity index (χ1n) is 6.57. The molecule has 4 heteroatoms. The van der Waals surface area contributed by atoms with Gasteiger partial charge in [-0.3, -0.25) is 4.79 Å². The Kier molecular flexibility index (Phi) is 5.36. The summed E-state index contributed by atoms with van der Waals surface area (Å²) < 4.78 is 5.33. The van der Waals surface area contributed by atoms with E-state index in [-0.39, 0.29) is 17.9 Å². The maximum absolute atomic E-state index is 12.0. The van der Waals surface area contributed by atoms with Crippen LogP contribution in [0.1, 0.15) is 37.9 Å². The van der Waals surface area contributed by atoms with E-state index in [1.165, 1.54) is 0 Å². The lowest BCUT2D eigenvalue weighted by Crippen LogP contribution is -2.44. The van der Waals surface area contributed by atoms with Crippen LogP contribution in [-0.4, -0.2) is 19.1 Å². The summed E-state index contributed by atoms with van der Waals surface area (Å²) in [7, 11) is 1.63. The highest BCUT2D eigenvalue weighted by molar-refractivity contribution is 5.82. The van der Waals surface area contributed by atoms with Gasteiger partial charge in [-0.15, -0.1) is 0 Å². The third kappa shape index (κ3) is 3.96. The fourth-order valence-corrected chi connectivity index (χ4v) is 1.88. The molecule has 2 atom stereocenters. The molecule has 0 spiro atoms. The van der Waals surface area contributed by atoms with E-state index in [0.29, 0.717) is 0 Å². The SMILES string of the molecule is COc1ccc(C)cc1C(C)NC(=O)[C@@H](N)C(C)C. The molecule has 0 aliphatic heterocycles. The highest BCUT2D eigenvalue weighted by Gasteiger charge is 2.20. The molecule has 0 radical (unpaired) electrons. The Hall–Kier alpha value is -1.55. The number of rotatable bonds is 5. The minimum atomic E-state index is -0.488. The molecule has 1 rings (SSSR count). The third-order valence-electron chi connectivity index (χ3n) is 3.23. The first kappa shape index (κ1) is 15.5. The molecule has 0 saturated heterocycles. The van der Waals surface area contributed by atoms with Crippen LogP contribution in [0.5, 0.6) is 5.75 Å². The maximum atomic E-state index is 12.0. The highest BCUT2D eigenvalue weighted by atomic mass is 16.5. The second kappa shape index (κ2) is 6.57. The first-order chi connectivity index (χ1) is 8.86. The van der Waals surface area contributed by atoms with E-state index in [0.717, 1.165) is 16.9 Å². The fourth-order valence-electron chi connectivity index (χ4n) is 1.88. The van der Waals surface area contributed by atoms with E-state index >= 15 is 0 Å². The van der Waals surface area contributed by atoms with Gasteiger partial charge in [0.1, 0.15) is 5.75 Å². The summed E-state index contributed by atoms with van der Waals surface area (Å²) in [6.07, 6.45) is 0. The van der Waals surface area contributed by atoms with Gasteiger partial charge < -0.3 is 15.8 Å². The van der Waals surface area contributed by atoms with Crippen LogP contribution < -0.4 is 15.8 Å². The highest BCUT2D eigenvalue weighted by Crippen LogP contribution is 2.26. The van der Waals surface area contributed by atoms with E-state index in [1.54, 1.807) is 7.11 Å². The van der Waals surface area contributed by atoms with E-state index < -0.39 is 6.04 Å². The molecule has 19 heavy (non-hydrogen) atoms. The predicted molar refractivity (Wildman–Crippen MR) is 77.1 cm³/mol. The molecule has 0 fully saturated rings. The molecule has 0 heterocycles. The zero-order chi connectivity index (χ0) is 14.6. The van der Waals surface area contributed by atoms with Gasteiger partial charge in [-0.1, -0.05) is 31.5 Å². The summed E-state index contributed by atoms with van der Waals surface area (Å²) in [5.74, 6) is 0.759. The Labute approximate surface area is 115 Å². The van der Waals surface area contributed by atoms with E-state index in [4.69, 9.17) is 10.5 Å². The van der Waals surface area contributed by atoms with Crippen molar-refractivity contribution in [3.63, 3.8) is 0 Å². The zero-order valence-corrected chi connectivity index (χ0v) is 12.4. The lowest BCUT2D eigenvalue weighted by molar-refractivity contribution is -0.123. The molecule has 3 N–H and O–H groups in total. The molecule has 1 amide bonds. The van der Waals surface area contributed by atoms with Gasteiger partial charge in [-0.05, 0) is 25.8 Å². The summed E-state index contributed by atoms with van der Waals surface area (Å²) in [6, 6.07) is 5.29. The number of hydrogen-bond donors (Lipinski definition) is 2. The zero-order valence-electron chi connectivity index (χ0n) is 12.4. The normalized spacial score (nSPS) is 14.1. The second-order valence-corrected chi connectivity index (χ2v) is 5.25. The quantitative estimate of drug-likeness (QED) is 0.856. The summed E-state index contributed by atoms with van der Waals surface area (Å²) >= 11 is 0. The third-order valence-corrected chi connectivity index (χ3v) is 3.23. The lowest BCUT2D eigenvalue weighted by Gasteiger charge is -2.21. The lowest BCUT2D eigenvalue weighted by atomic mass is 10.0. The van der Waals surface area contributed by atoms with E-state index in [9.17, 15) is 4.79 Å². The molecule has 0 bridgehead atoms. The van der Waals surface area contributed by atoms with Crippen LogP contribution in [0.25, 0.3) is 0 Å². The number of aryl methyl sites for hydroxylation is 1. The number of ether oxygens (including phenoxy) is 1. The Morgan fingerprint density at radius 3 is 2.47 bits per heavy atom. The van der Waals surface area contributed by atoms with Crippen molar-refractivity contribution in [2.75, 3.05) is 7.11 Å². The Morgan fingerprint density at radius 2 is 1.95 bits per heavy atom. The smallest absolute Gasteiger partial charge is 0.237 e. The summed E-state index contributed by atoms with van der Waals surface area (Å²) in [4.78, 5) is 12.0. The summed E-state index contributed by atoms with van der Waals surface area (Å²) in [6.45, 7) is 7.81. The van der Waals surface area contributed by atoms with Crippen molar-refractivity contribution in [2.24, 2.45) is 11.7 Å². The van der Waals surface area contributed by atoms with Gasteiger partial charge in [0.2, 0.25) is 5.91 Å². The maximum Gasteiger partial charge on any atom is 0.237 e. The van der Waals surface area contributed by atoms with Crippen LogP contribution >= 0.6 is 0 Å². The van der Waals surface area contributed by atoms with Crippen molar-refractivity contribution >= 4 is 5.91 Å². The molecular weight excluding hydrogens is 240 g/mol. The van der Waals surface area contributed by atoms with Gasteiger partial charge in [0.05, 0.1) is 19.2 Å². The van der Waals surface area contributed by atoms with Crippen molar-refractivity contribution in [2.45, 2.75) is 39.8 Å². The molecule has 0 saturated carbocycles. The monoisotopic (exact) mass is 264 g/mol. The number of carbonyl (C=O) groups excluding carboxylic acids is 1. The van der Waals surface area contributed by atoms with E-state index in [2.05, 4.69) is 5.32 Å². The number of nitrogens with two attached hydrogens (primary N) is 1. The number of methoxy groups -OCH3 is 1. The minimum absolute atomic E-state index is 0.117. The molecule has 1 aromatic rings. The van der Waals surface area contributed by atoms with Crippen LogP contribution in [0.2, 0.25) is 0 Å². The van der Waals surface area contributed by atoms with E-state index in [1.807, 2.05) is 45.9 Å². The van der Waals surface area contributed by atoms with Crippen molar-refractivity contribution in [3.05, 3.63) is 29.3 Å². The number of amides is 1. The van der Waals surface area contributed by atoms with Crippen LogP contribution in [0.4, 0.5) is 0 Å². The van der Waals surface area contributed by atoms with Crippen LogP contribution in [0.15, 0.2) is 18.2 Å². The van der Waals surface area contributed by atoms with Crippen LogP contribution in [-0.2, 0) is 4.79 Å². The summed E-state index contributed by atoms with van der Waals surface area (Å²) in [5, 5.41) is 2.94. The molecule has 4 nitrogen and oxygen atoms in total. The summed E-state index contributed by atoms with van der Waals surface area (Å²) in [5.41, 5.74) is 7.94. The molecule has 1 unspecified atom stereocenters. The topological polar surface area (TPSA) is 64.3 Å². The van der Waals surface area contributed by atoms with Crippen LogP contribution in [0.3, 0.4) is 0 Å². The van der Waals surface area contributed by atoms with Gasteiger partial charge in [0.25, 0.3) is 0 Å². The predicted octanol–water partition coefficient (Wildman–Crippen LogP) is 2.16. The number of benzene rings is 1. The van der Waals surface area contributed by atoms with Crippen LogP contribution in [0, 0.1) is 12.8 Å². The fraction of sp³-hybridized carbons (Fsp3) is 0.533. The van der Waals surface area contributed by atoms with Gasteiger partial charge in [0, 0.05) is 5.56 Å². The Morgan fingerprint density at radius 1 is 1.32 bits per heavy atom.